The van der Waals surface area contributed by atoms with E-state index in [-0.39, 0.29) is 0 Å². The Morgan fingerprint density at radius 2 is 2.28 bits per heavy atom. The summed E-state index contributed by atoms with van der Waals surface area (Å²) < 4.78 is 5.32. The molecule has 0 amide bonds. The van der Waals surface area contributed by atoms with Gasteiger partial charge < -0.3 is 10.1 Å². The van der Waals surface area contributed by atoms with Crippen molar-refractivity contribution in [3.05, 3.63) is 29.3 Å². The van der Waals surface area contributed by atoms with Crippen LogP contribution in [0.3, 0.4) is 0 Å². The zero-order valence-corrected chi connectivity index (χ0v) is 11.4. The van der Waals surface area contributed by atoms with Gasteiger partial charge in [0.25, 0.3) is 0 Å². The molecule has 2 heteroatoms. The van der Waals surface area contributed by atoms with Crippen molar-refractivity contribution < 1.29 is 4.74 Å². The summed E-state index contributed by atoms with van der Waals surface area (Å²) in [5.74, 6) is 2.68. The van der Waals surface area contributed by atoms with E-state index in [9.17, 15) is 0 Å². The van der Waals surface area contributed by atoms with Crippen LogP contribution in [0, 0.1) is 5.92 Å². The summed E-state index contributed by atoms with van der Waals surface area (Å²) in [5, 5.41) is 3.70. The lowest BCUT2D eigenvalue weighted by atomic mass is 9.60. The molecule has 0 bridgehead atoms. The molecule has 0 aromatic heterocycles. The van der Waals surface area contributed by atoms with Gasteiger partial charge in [-0.2, -0.15) is 0 Å². The van der Waals surface area contributed by atoms with Crippen LogP contribution < -0.4 is 10.1 Å². The van der Waals surface area contributed by atoms with Gasteiger partial charge in [0, 0.05) is 6.04 Å². The Morgan fingerprint density at radius 3 is 3.06 bits per heavy atom. The van der Waals surface area contributed by atoms with Crippen molar-refractivity contribution >= 4 is 0 Å². The van der Waals surface area contributed by atoms with Gasteiger partial charge in [0.2, 0.25) is 0 Å². The first kappa shape index (κ1) is 12.0. The number of aryl methyl sites for hydroxylation is 1. The van der Waals surface area contributed by atoms with Crippen molar-refractivity contribution in [2.45, 2.75) is 44.6 Å². The van der Waals surface area contributed by atoms with Crippen LogP contribution in [0.1, 0.15) is 43.2 Å². The van der Waals surface area contributed by atoms with Crippen LogP contribution in [0.4, 0.5) is 0 Å². The summed E-state index contributed by atoms with van der Waals surface area (Å²) in [4.78, 5) is 0. The van der Waals surface area contributed by atoms with Crippen LogP contribution in [0.15, 0.2) is 18.2 Å². The molecule has 2 aliphatic rings. The van der Waals surface area contributed by atoms with Crippen LogP contribution in [0.25, 0.3) is 0 Å². The maximum atomic E-state index is 5.32. The summed E-state index contributed by atoms with van der Waals surface area (Å²) in [6, 6.07) is 7.41. The van der Waals surface area contributed by atoms with Crippen LogP contribution >= 0.6 is 0 Å². The van der Waals surface area contributed by atoms with Crippen molar-refractivity contribution in [1.82, 2.24) is 5.32 Å². The molecule has 0 radical (unpaired) electrons. The van der Waals surface area contributed by atoms with Gasteiger partial charge in [-0.25, -0.2) is 0 Å². The lowest BCUT2D eigenvalue weighted by molar-refractivity contribution is 0.144. The molecule has 0 aliphatic heterocycles. The Kier molecular flexibility index (Phi) is 3.29. The number of hydrogen-bond acceptors (Lipinski definition) is 2. The molecule has 1 aromatic rings. The van der Waals surface area contributed by atoms with E-state index < -0.39 is 0 Å². The molecule has 0 saturated heterocycles. The average molecular weight is 245 g/mol. The Morgan fingerprint density at radius 1 is 1.39 bits per heavy atom. The molecule has 3 rings (SSSR count). The van der Waals surface area contributed by atoms with E-state index in [1.807, 2.05) is 0 Å². The van der Waals surface area contributed by atoms with Crippen molar-refractivity contribution in [3.63, 3.8) is 0 Å². The smallest absolute Gasteiger partial charge is 0.119 e. The van der Waals surface area contributed by atoms with Crippen LogP contribution in [0.2, 0.25) is 0 Å². The van der Waals surface area contributed by atoms with Crippen LogP contribution in [-0.4, -0.2) is 19.7 Å². The van der Waals surface area contributed by atoms with Crippen molar-refractivity contribution in [1.29, 1.82) is 0 Å². The molecule has 18 heavy (non-hydrogen) atoms. The van der Waals surface area contributed by atoms with E-state index >= 15 is 0 Å². The zero-order chi connectivity index (χ0) is 12.5. The number of methoxy groups -OCH3 is 1. The normalized spacial score (nSPS) is 29.1. The number of rotatable bonds is 4. The van der Waals surface area contributed by atoms with E-state index in [0.29, 0.717) is 0 Å². The lowest BCUT2D eigenvalue weighted by Crippen LogP contribution is -2.51. The maximum Gasteiger partial charge on any atom is 0.119 e. The fourth-order valence-corrected chi connectivity index (χ4v) is 3.64. The van der Waals surface area contributed by atoms with Gasteiger partial charge in [-0.3, -0.25) is 0 Å². The molecular formula is C16H23NO. The maximum absolute atomic E-state index is 5.32. The average Bonchev–Trinajstić information content (AvgIpc) is 2.38. The minimum absolute atomic E-state index is 0.769. The van der Waals surface area contributed by atoms with E-state index in [1.165, 1.54) is 37.8 Å². The lowest BCUT2D eigenvalue weighted by Gasteiger charge is -2.49. The second-order valence-electron chi connectivity index (χ2n) is 5.67. The quantitative estimate of drug-likeness (QED) is 0.880. The van der Waals surface area contributed by atoms with Crippen molar-refractivity contribution in [3.8, 4) is 5.75 Å². The number of hydrogen-bond donors (Lipinski definition) is 1. The Labute approximate surface area is 110 Å². The summed E-state index contributed by atoms with van der Waals surface area (Å²) in [7, 11) is 1.75. The Bertz CT molecular complexity index is 429. The third-order valence-electron chi connectivity index (χ3n) is 4.69. The predicted molar refractivity (Wildman–Crippen MR) is 74.2 cm³/mol. The van der Waals surface area contributed by atoms with Gasteiger partial charge in [-0.1, -0.05) is 13.0 Å². The fraction of sp³-hybridized carbons (Fsp3) is 0.625. The number of nitrogens with one attached hydrogen (secondary N) is 1. The first-order chi connectivity index (χ1) is 8.83. The first-order valence-electron chi connectivity index (χ1n) is 7.23. The van der Waals surface area contributed by atoms with Crippen molar-refractivity contribution in [2.24, 2.45) is 5.92 Å². The summed E-state index contributed by atoms with van der Waals surface area (Å²) in [5.41, 5.74) is 3.10. The van der Waals surface area contributed by atoms with Gasteiger partial charge in [0.1, 0.15) is 5.75 Å². The topological polar surface area (TPSA) is 21.3 Å². The standard InChI is InChI=1S/C16H23NO/c1-3-8-17-16-10-15-13-7-5-12(18-2)9-11(13)4-6-14(15)16/h5,7,9,14-17H,3-4,6,8,10H2,1-2H3. The van der Waals surface area contributed by atoms with Crippen LogP contribution in [0.5, 0.6) is 5.75 Å². The minimum Gasteiger partial charge on any atom is -0.497 e. The van der Waals surface area contributed by atoms with E-state index in [2.05, 4.69) is 30.4 Å². The second kappa shape index (κ2) is 4.93. The SMILES string of the molecule is CCCNC1CC2c3ccc(OC)cc3CCC12. The summed E-state index contributed by atoms with van der Waals surface area (Å²) in [6.45, 7) is 3.41. The summed E-state index contributed by atoms with van der Waals surface area (Å²) >= 11 is 0. The highest BCUT2D eigenvalue weighted by Gasteiger charge is 2.43. The molecular weight excluding hydrogens is 222 g/mol. The van der Waals surface area contributed by atoms with Gasteiger partial charge in [0.15, 0.2) is 0 Å². The minimum atomic E-state index is 0.769. The highest BCUT2D eigenvalue weighted by Crippen LogP contribution is 2.50. The van der Waals surface area contributed by atoms with Gasteiger partial charge in [0.05, 0.1) is 7.11 Å². The van der Waals surface area contributed by atoms with Crippen LogP contribution in [-0.2, 0) is 6.42 Å². The molecule has 3 atom stereocenters. The molecule has 1 fully saturated rings. The third-order valence-corrected chi connectivity index (χ3v) is 4.69. The zero-order valence-electron chi connectivity index (χ0n) is 11.4. The molecule has 1 N–H and O–H groups in total. The number of benzene rings is 1. The third kappa shape index (κ3) is 1.93. The van der Waals surface area contributed by atoms with Gasteiger partial charge in [-0.15, -0.1) is 0 Å². The molecule has 1 saturated carbocycles. The Hall–Kier alpha value is -1.02. The van der Waals surface area contributed by atoms with Gasteiger partial charge in [-0.05, 0) is 67.3 Å². The molecule has 0 spiro atoms. The molecule has 0 heterocycles. The van der Waals surface area contributed by atoms with E-state index in [1.54, 1.807) is 12.7 Å². The summed E-state index contributed by atoms with van der Waals surface area (Å²) in [6.07, 6.45) is 5.12. The number of fused-ring (bicyclic) bond motifs is 3. The predicted octanol–water partition coefficient (Wildman–Crippen LogP) is 3.11. The second-order valence-corrected chi connectivity index (χ2v) is 5.67. The molecule has 1 aromatic carbocycles. The molecule has 2 nitrogen and oxygen atoms in total. The largest absolute Gasteiger partial charge is 0.497 e. The van der Waals surface area contributed by atoms with E-state index in [4.69, 9.17) is 4.74 Å². The molecule has 3 unspecified atom stereocenters. The highest BCUT2D eigenvalue weighted by atomic mass is 16.5. The van der Waals surface area contributed by atoms with Crippen molar-refractivity contribution in [2.75, 3.05) is 13.7 Å². The van der Waals surface area contributed by atoms with E-state index in [0.717, 1.165) is 23.6 Å². The first-order valence-corrected chi connectivity index (χ1v) is 7.23. The molecule has 98 valence electrons. The fourth-order valence-electron chi connectivity index (χ4n) is 3.64. The molecule has 2 aliphatic carbocycles. The monoisotopic (exact) mass is 245 g/mol. The Balaban J connectivity index is 1.73. The highest BCUT2D eigenvalue weighted by molar-refractivity contribution is 5.41. The van der Waals surface area contributed by atoms with Gasteiger partial charge >= 0.3 is 0 Å². The number of ether oxygens (including phenoxy) is 1.